The molecule has 0 aromatic carbocycles. The van der Waals surface area contributed by atoms with E-state index in [9.17, 15) is 0 Å². The maximum Gasteiger partial charge on any atom is 0.213 e. The van der Waals surface area contributed by atoms with Crippen molar-refractivity contribution in [3.63, 3.8) is 0 Å². The van der Waals surface area contributed by atoms with Crippen molar-refractivity contribution in [2.24, 2.45) is 0 Å². The highest BCUT2D eigenvalue weighted by Crippen LogP contribution is 2.18. The Kier molecular flexibility index (Phi) is 2.96. The predicted molar refractivity (Wildman–Crippen MR) is 52.4 cm³/mol. The highest BCUT2D eigenvalue weighted by molar-refractivity contribution is 5.23. The molecule has 0 bridgehead atoms. The summed E-state index contributed by atoms with van der Waals surface area (Å²) in [6, 6.07) is 4.18. The van der Waals surface area contributed by atoms with Gasteiger partial charge in [-0.2, -0.15) is 0 Å². The topological polar surface area (TPSA) is 43.4 Å². The van der Waals surface area contributed by atoms with Gasteiger partial charge in [0.1, 0.15) is 0 Å². The molecular weight excluding hydrogens is 180 g/mol. The van der Waals surface area contributed by atoms with Crippen LogP contribution >= 0.6 is 0 Å². The molecule has 0 radical (unpaired) electrons. The van der Waals surface area contributed by atoms with Crippen LogP contribution in [-0.2, 0) is 4.74 Å². The van der Waals surface area contributed by atoms with E-state index in [1.54, 1.807) is 13.3 Å². The first kappa shape index (κ1) is 9.43. The molecule has 0 unspecified atom stereocenters. The van der Waals surface area contributed by atoms with Crippen molar-refractivity contribution in [3.05, 3.63) is 23.9 Å². The van der Waals surface area contributed by atoms with Crippen molar-refractivity contribution in [2.75, 3.05) is 26.9 Å². The van der Waals surface area contributed by atoms with E-state index in [1.165, 1.54) is 0 Å². The SMILES string of the molecule is COc1cc([C@H]2COCCN2)ccn1. The van der Waals surface area contributed by atoms with E-state index in [-0.39, 0.29) is 6.04 Å². The van der Waals surface area contributed by atoms with E-state index in [2.05, 4.69) is 10.3 Å². The lowest BCUT2D eigenvalue weighted by Crippen LogP contribution is -2.34. The van der Waals surface area contributed by atoms with E-state index in [0.717, 1.165) is 18.7 Å². The second-order valence-electron chi connectivity index (χ2n) is 3.21. The van der Waals surface area contributed by atoms with Crippen molar-refractivity contribution in [1.82, 2.24) is 10.3 Å². The first-order valence-electron chi connectivity index (χ1n) is 4.71. The number of pyridine rings is 1. The van der Waals surface area contributed by atoms with Crippen LogP contribution in [0.15, 0.2) is 18.3 Å². The van der Waals surface area contributed by atoms with E-state index in [1.807, 2.05) is 12.1 Å². The quantitative estimate of drug-likeness (QED) is 0.754. The number of nitrogens with one attached hydrogen (secondary N) is 1. The van der Waals surface area contributed by atoms with E-state index in [4.69, 9.17) is 9.47 Å². The molecule has 1 aliphatic rings. The summed E-state index contributed by atoms with van der Waals surface area (Å²) in [5.74, 6) is 0.648. The molecule has 0 aliphatic carbocycles. The van der Waals surface area contributed by atoms with Gasteiger partial charge in [-0.1, -0.05) is 0 Å². The summed E-state index contributed by atoms with van der Waals surface area (Å²) in [7, 11) is 1.62. The summed E-state index contributed by atoms with van der Waals surface area (Å²) >= 11 is 0. The molecule has 1 fully saturated rings. The van der Waals surface area contributed by atoms with Gasteiger partial charge in [-0.15, -0.1) is 0 Å². The van der Waals surface area contributed by atoms with Crippen LogP contribution in [0.2, 0.25) is 0 Å². The summed E-state index contributed by atoms with van der Waals surface area (Å²) in [5, 5.41) is 3.38. The molecule has 2 heterocycles. The zero-order valence-electron chi connectivity index (χ0n) is 8.19. The largest absolute Gasteiger partial charge is 0.481 e. The van der Waals surface area contributed by atoms with Crippen LogP contribution in [0.25, 0.3) is 0 Å². The van der Waals surface area contributed by atoms with Gasteiger partial charge in [-0.3, -0.25) is 0 Å². The summed E-state index contributed by atoms with van der Waals surface area (Å²) < 4.78 is 10.5. The lowest BCUT2D eigenvalue weighted by atomic mass is 10.1. The summed E-state index contributed by atoms with van der Waals surface area (Å²) in [6.07, 6.45) is 1.75. The molecule has 1 N–H and O–H groups in total. The van der Waals surface area contributed by atoms with Gasteiger partial charge in [0.15, 0.2) is 0 Å². The number of methoxy groups -OCH3 is 1. The van der Waals surface area contributed by atoms with Crippen LogP contribution in [0.1, 0.15) is 11.6 Å². The summed E-state index contributed by atoms with van der Waals surface area (Å²) in [6.45, 7) is 2.40. The average Bonchev–Trinajstić information content (AvgIpc) is 2.30. The van der Waals surface area contributed by atoms with Gasteiger partial charge < -0.3 is 14.8 Å². The molecule has 1 atom stereocenters. The molecule has 4 nitrogen and oxygen atoms in total. The van der Waals surface area contributed by atoms with E-state index < -0.39 is 0 Å². The number of ether oxygens (including phenoxy) is 2. The van der Waals surface area contributed by atoms with Gasteiger partial charge in [0.05, 0.1) is 26.4 Å². The fraction of sp³-hybridized carbons (Fsp3) is 0.500. The molecule has 0 spiro atoms. The number of hydrogen-bond acceptors (Lipinski definition) is 4. The Bertz CT molecular complexity index is 298. The Morgan fingerprint density at radius 1 is 1.64 bits per heavy atom. The molecule has 0 saturated carbocycles. The number of rotatable bonds is 2. The molecule has 1 saturated heterocycles. The molecular formula is C10H14N2O2. The highest BCUT2D eigenvalue weighted by Gasteiger charge is 2.15. The molecule has 2 rings (SSSR count). The summed E-state index contributed by atoms with van der Waals surface area (Å²) in [5.41, 5.74) is 1.16. The van der Waals surface area contributed by atoms with E-state index in [0.29, 0.717) is 12.5 Å². The fourth-order valence-electron chi connectivity index (χ4n) is 1.53. The van der Waals surface area contributed by atoms with Crippen molar-refractivity contribution < 1.29 is 9.47 Å². The van der Waals surface area contributed by atoms with Crippen LogP contribution in [-0.4, -0.2) is 31.9 Å². The lowest BCUT2D eigenvalue weighted by molar-refractivity contribution is 0.0768. The lowest BCUT2D eigenvalue weighted by Gasteiger charge is -2.24. The fourth-order valence-corrected chi connectivity index (χ4v) is 1.53. The number of nitrogens with zero attached hydrogens (tertiary/aromatic N) is 1. The molecule has 1 aromatic rings. The Hall–Kier alpha value is -1.13. The van der Waals surface area contributed by atoms with Crippen LogP contribution < -0.4 is 10.1 Å². The maximum absolute atomic E-state index is 5.39. The second kappa shape index (κ2) is 4.39. The minimum absolute atomic E-state index is 0.264. The highest BCUT2D eigenvalue weighted by atomic mass is 16.5. The van der Waals surface area contributed by atoms with Gasteiger partial charge in [-0.25, -0.2) is 4.98 Å². The number of aromatic nitrogens is 1. The molecule has 4 heteroatoms. The minimum atomic E-state index is 0.264. The maximum atomic E-state index is 5.39. The Morgan fingerprint density at radius 2 is 2.57 bits per heavy atom. The van der Waals surface area contributed by atoms with Crippen LogP contribution in [0, 0.1) is 0 Å². The second-order valence-corrected chi connectivity index (χ2v) is 3.21. The Labute approximate surface area is 83.2 Å². The number of hydrogen-bond donors (Lipinski definition) is 1. The van der Waals surface area contributed by atoms with Crippen LogP contribution in [0.3, 0.4) is 0 Å². The third kappa shape index (κ3) is 2.02. The average molecular weight is 194 g/mol. The van der Waals surface area contributed by atoms with Gasteiger partial charge in [-0.05, 0) is 11.6 Å². The standard InChI is InChI=1S/C10H14N2O2/c1-13-10-6-8(2-3-12-10)9-7-14-5-4-11-9/h2-3,6,9,11H,4-5,7H2,1H3/t9-/m1/s1. The van der Waals surface area contributed by atoms with Crippen molar-refractivity contribution in [1.29, 1.82) is 0 Å². The van der Waals surface area contributed by atoms with Gasteiger partial charge in [0.2, 0.25) is 5.88 Å². The first-order valence-corrected chi connectivity index (χ1v) is 4.71. The van der Waals surface area contributed by atoms with Gasteiger partial charge in [0.25, 0.3) is 0 Å². The smallest absolute Gasteiger partial charge is 0.213 e. The van der Waals surface area contributed by atoms with Gasteiger partial charge in [0, 0.05) is 18.8 Å². The zero-order valence-corrected chi connectivity index (χ0v) is 8.19. The molecule has 1 aromatic heterocycles. The van der Waals surface area contributed by atoms with Crippen molar-refractivity contribution in [3.8, 4) is 5.88 Å². The Morgan fingerprint density at radius 3 is 3.29 bits per heavy atom. The van der Waals surface area contributed by atoms with Crippen LogP contribution in [0.4, 0.5) is 0 Å². The first-order chi connectivity index (χ1) is 6.90. The zero-order chi connectivity index (χ0) is 9.80. The van der Waals surface area contributed by atoms with Crippen molar-refractivity contribution >= 4 is 0 Å². The summed E-state index contributed by atoms with van der Waals surface area (Å²) in [4.78, 5) is 4.06. The van der Waals surface area contributed by atoms with Crippen LogP contribution in [0.5, 0.6) is 5.88 Å². The minimum Gasteiger partial charge on any atom is -0.481 e. The molecule has 76 valence electrons. The Balaban J connectivity index is 2.13. The molecule has 0 amide bonds. The number of morpholine rings is 1. The predicted octanol–water partition coefficient (Wildman–Crippen LogP) is 0.751. The van der Waals surface area contributed by atoms with E-state index >= 15 is 0 Å². The van der Waals surface area contributed by atoms with Gasteiger partial charge >= 0.3 is 0 Å². The van der Waals surface area contributed by atoms with Crippen molar-refractivity contribution in [2.45, 2.75) is 6.04 Å². The third-order valence-electron chi connectivity index (χ3n) is 2.29. The third-order valence-corrected chi connectivity index (χ3v) is 2.29. The molecule has 14 heavy (non-hydrogen) atoms. The molecule has 1 aliphatic heterocycles. The monoisotopic (exact) mass is 194 g/mol. The normalized spacial score (nSPS) is 21.9.